The Morgan fingerprint density at radius 1 is 0.750 bits per heavy atom. The third-order valence-corrected chi connectivity index (χ3v) is 10.6. The van der Waals surface area contributed by atoms with E-state index < -0.39 is 64.8 Å². The average Bonchev–Trinajstić information content (AvgIpc) is 3.40. The van der Waals surface area contributed by atoms with Crippen molar-refractivity contribution in [3.05, 3.63) is 98.8 Å². The number of phenolic OH excluding ortho intramolecular Hbond substituents is 1. The van der Waals surface area contributed by atoms with Gasteiger partial charge in [0.05, 0.1) is 35.0 Å². The first kappa shape index (κ1) is 28.7. The van der Waals surface area contributed by atoms with E-state index in [0.717, 1.165) is 22.1 Å². The van der Waals surface area contributed by atoms with Crippen LogP contribution in [-0.4, -0.2) is 28.7 Å². The SMILES string of the molecule is Cc1ccc(N2C(=O)C3CC=C4C(CC5C(=O)N(c6ccc(C)c(Cl)c6)C(=O)C5C4c4cccc(F)c4O)C3C2=O)cc1Cl. The number of imide groups is 2. The molecule has 3 aromatic rings. The van der Waals surface area contributed by atoms with E-state index in [1.807, 2.05) is 19.9 Å². The highest BCUT2D eigenvalue weighted by atomic mass is 35.5. The molecule has 1 N–H and O–H groups in total. The number of fused-ring (bicyclic) bond motifs is 4. The second-order valence-electron chi connectivity index (χ2n) is 12.1. The lowest BCUT2D eigenvalue weighted by atomic mass is 9.57. The van der Waals surface area contributed by atoms with Crippen molar-refractivity contribution in [2.24, 2.45) is 29.6 Å². The number of allylic oxidation sites excluding steroid dienone is 2. The number of halogens is 3. The van der Waals surface area contributed by atoms with Crippen LogP contribution in [-0.2, 0) is 19.2 Å². The van der Waals surface area contributed by atoms with Crippen molar-refractivity contribution < 1.29 is 28.7 Å². The van der Waals surface area contributed by atoms with Crippen LogP contribution in [0.25, 0.3) is 0 Å². The molecule has 0 radical (unpaired) electrons. The van der Waals surface area contributed by atoms with Gasteiger partial charge in [-0.3, -0.25) is 19.2 Å². The van der Waals surface area contributed by atoms with Crippen LogP contribution < -0.4 is 9.80 Å². The van der Waals surface area contributed by atoms with Gasteiger partial charge in [0.1, 0.15) is 0 Å². The van der Waals surface area contributed by atoms with Gasteiger partial charge in [-0.1, -0.05) is 59.1 Å². The molecule has 10 heteroatoms. The van der Waals surface area contributed by atoms with E-state index in [-0.39, 0.29) is 24.3 Å². The van der Waals surface area contributed by atoms with Crippen molar-refractivity contribution in [2.75, 3.05) is 9.80 Å². The molecule has 224 valence electrons. The van der Waals surface area contributed by atoms with Gasteiger partial charge in [-0.2, -0.15) is 0 Å². The summed E-state index contributed by atoms with van der Waals surface area (Å²) < 4.78 is 14.8. The largest absolute Gasteiger partial charge is 0.505 e. The van der Waals surface area contributed by atoms with E-state index in [0.29, 0.717) is 27.0 Å². The number of phenols is 1. The minimum atomic E-state index is -0.950. The predicted molar refractivity (Wildman–Crippen MR) is 163 cm³/mol. The maximum Gasteiger partial charge on any atom is 0.238 e. The number of aryl methyl sites for hydroxylation is 2. The molecule has 7 rings (SSSR count). The number of hydrogen-bond donors (Lipinski definition) is 1. The van der Waals surface area contributed by atoms with Gasteiger partial charge < -0.3 is 5.11 Å². The van der Waals surface area contributed by atoms with Gasteiger partial charge >= 0.3 is 0 Å². The zero-order chi connectivity index (χ0) is 31.2. The van der Waals surface area contributed by atoms with Crippen LogP contribution in [0.4, 0.5) is 15.8 Å². The Morgan fingerprint density at radius 3 is 1.91 bits per heavy atom. The summed E-state index contributed by atoms with van der Waals surface area (Å²) in [5.41, 5.74) is 3.09. The molecule has 44 heavy (non-hydrogen) atoms. The average molecular weight is 634 g/mol. The first-order valence-electron chi connectivity index (χ1n) is 14.4. The van der Waals surface area contributed by atoms with Crippen LogP contribution in [0.3, 0.4) is 0 Å². The third kappa shape index (κ3) is 4.07. The number of anilines is 2. The Hall–Kier alpha value is -4.01. The second kappa shape index (κ2) is 10.3. The first-order valence-corrected chi connectivity index (χ1v) is 15.2. The van der Waals surface area contributed by atoms with Gasteiger partial charge in [0.15, 0.2) is 11.6 Å². The lowest BCUT2D eigenvalue weighted by Gasteiger charge is -2.44. The van der Waals surface area contributed by atoms with Gasteiger partial charge in [-0.15, -0.1) is 0 Å². The normalized spacial score (nSPS) is 27.8. The lowest BCUT2D eigenvalue weighted by Crippen LogP contribution is -2.43. The maximum atomic E-state index is 14.8. The predicted octanol–water partition coefficient (Wildman–Crippen LogP) is 6.50. The molecule has 1 saturated carbocycles. The summed E-state index contributed by atoms with van der Waals surface area (Å²) in [4.78, 5) is 58.3. The van der Waals surface area contributed by atoms with Gasteiger partial charge in [0.2, 0.25) is 23.6 Å². The van der Waals surface area contributed by atoms with Crippen molar-refractivity contribution in [2.45, 2.75) is 32.6 Å². The number of benzene rings is 3. The van der Waals surface area contributed by atoms with E-state index in [1.54, 1.807) is 42.5 Å². The smallest absolute Gasteiger partial charge is 0.238 e. The quantitative estimate of drug-likeness (QED) is 0.263. The van der Waals surface area contributed by atoms with E-state index in [2.05, 4.69) is 0 Å². The summed E-state index contributed by atoms with van der Waals surface area (Å²) in [6.45, 7) is 3.63. The van der Waals surface area contributed by atoms with Gasteiger partial charge in [-0.05, 0) is 74.1 Å². The molecular weight excluding hydrogens is 606 g/mol. The highest BCUT2D eigenvalue weighted by molar-refractivity contribution is 6.33. The molecule has 4 amide bonds. The van der Waals surface area contributed by atoms with Crippen molar-refractivity contribution in [1.82, 2.24) is 0 Å². The zero-order valence-electron chi connectivity index (χ0n) is 23.8. The Labute approximate surface area is 262 Å². The topological polar surface area (TPSA) is 95.0 Å². The standard InChI is InChI=1S/C34H27Cl2FN2O5/c1-15-6-8-17(12-24(15)35)38-31(41)21-11-10-19-22(28(21)33(38)43)14-23-29(27(19)20-4-3-5-26(37)30(20)40)34(44)39(32(23)42)18-9-7-16(2)25(36)13-18/h3-10,12-13,21-23,27-29,40H,11,14H2,1-2H3. The molecule has 0 aromatic heterocycles. The highest BCUT2D eigenvalue weighted by Crippen LogP contribution is 2.59. The Morgan fingerprint density at radius 2 is 1.32 bits per heavy atom. The molecule has 4 aliphatic rings. The Kier molecular flexibility index (Phi) is 6.71. The zero-order valence-corrected chi connectivity index (χ0v) is 25.3. The van der Waals surface area contributed by atoms with Gasteiger partial charge in [0, 0.05) is 21.5 Å². The lowest BCUT2D eigenvalue weighted by molar-refractivity contribution is -0.126. The summed E-state index contributed by atoms with van der Waals surface area (Å²) >= 11 is 12.7. The molecular formula is C34H27Cl2FN2O5. The van der Waals surface area contributed by atoms with Crippen LogP contribution >= 0.6 is 23.2 Å². The molecule has 2 aliphatic heterocycles. The Balaban J connectivity index is 1.35. The van der Waals surface area contributed by atoms with Gasteiger partial charge in [-0.25, -0.2) is 14.2 Å². The first-order chi connectivity index (χ1) is 21.0. The minimum Gasteiger partial charge on any atom is -0.505 e. The van der Waals surface area contributed by atoms with Crippen LogP contribution in [0.5, 0.6) is 5.75 Å². The maximum absolute atomic E-state index is 14.8. The summed E-state index contributed by atoms with van der Waals surface area (Å²) in [6, 6.07) is 14.0. The molecule has 0 bridgehead atoms. The fraction of sp³-hybridized carbons (Fsp3) is 0.294. The molecule has 0 spiro atoms. The summed E-state index contributed by atoms with van der Waals surface area (Å²) in [6.07, 6.45) is 2.21. The number of aromatic hydroxyl groups is 1. The number of para-hydroxylation sites is 1. The molecule has 3 aromatic carbocycles. The van der Waals surface area contributed by atoms with Crippen LogP contribution in [0.15, 0.2) is 66.2 Å². The van der Waals surface area contributed by atoms with Crippen molar-refractivity contribution >= 4 is 58.2 Å². The van der Waals surface area contributed by atoms with Crippen molar-refractivity contribution in [3.8, 4) is 5.75 Å². The summed E-state index contributed by atoms with van der Waals surface area (Å²) in [7, 11) is 0. The number of nitrogens with zero attached hydrogens (tertiary/aromatic N) is 2. The summed E-state index contributed by atoms with van der Waals surface area (Å²) in [5, 5.41) is 11.7. The monoisotopic (exact) mass is 632 g/mol. The van der Waals surface area contributed by atoms with Crippen molar-refractivity contribution in [3.63, 3.8) is 0 Å². The van der Waals surface area contributed by atoms with E-state index in [9.17, 15) is 28.7 Å². The fourth-order valence-corrected chi connectivity index (χ4v) is 8.02. The van der Waals surface area contributed by atoms with E-state index >= 15 is 0 Å². The second-order valence-corrected chi connectivity index (χ2v) is 12.9. The minimum absolute atomic E-state index is 0.145. The van der Waals surface area contributed by atoms with Gasteiger partial charge in [0.25, 0.3) is 0 Å². The third-order valence-electron chi connectivity index (χ3n) is 9.83. The number of carbonyl (C=O) groups is 4. The number of hydrogen-bond acceptors (Lipinski definition) is 5. The molecule has 6 atom stereocenters. The molecule has 2 heterocycles. The molecule has 7 nitrogen and oxygen atoms in total. The van der Waals surface area contributed by atoms with Crippen LogP contribution in [0.1, 0.15) is 35.4 Å². The molecule has 6 unspecified atom stereocenters. The van der Waals surface area contributed by atoms with E-state index in [1.165, 1.54) is 11.0 Å². The van der Waals surface area contributed by atoms with Crippen LogP contribution in [0.2, 0.25) is 10.0 Å². The highest BCUT2D eigenvalue weighted by Gasteiger charge is 2.62. The number of carbonyl (C=O) groups excluding carboxylic acids is 4. The molecule has 2 aliphatic carbocycles. The molecule has 2 saturated heterocycles. The molecule has 3 fully saturated rings. The number of rotatable bonds is 3. The fourth-order valence-electron chi connectivity index (χ4n) is 7.67. The number of amides is 4. The van der Waals surface area contributed by atoms with E-state index in [4.69, 9.17) is 23.2 Å². The van der Waals surface area contributed by atoms with Crippen LogP contribution in [0, 0.1) is 49.3 Å². The Bertz CT molecular complexity index is 1840. The van der Waals surface area contributed by atoms with Crippen molar-refractivity contribution in [1.29, 1.82) is 0 Å². The summed E-state index contributed by atoms with van der Waals surface area (Å²) in [5.74, 6) is -7.95.